The maximum absolute atomic E-state index is 14.4. The standard InChI is InChI=1S/C34H48F4N6O2/c1-23(2)44(24(3)4)32(45)28-17-26(35)5-6-29(28)46-30-18-39-22-41-31(30)43-14-9-25(20-43)19-42-15-12-33(13-16-42)10-7-27(8-11-33)40-21-34(36,37)38/h5-6,17-18,22-25,27,40H,7-16,19-21H2,1-4H3. The first kappa shape index (κ1) is 34.3. The highest BCUT2D eigenvalue weighted by atomic mass is 19.4. The van der Waals surface area contributed by atoms with Crippen molar-refractivity contribution in [1.29, 1.82) is 0 Å². The molecule has 3 heterocycles. The van der Waals surface area contributed by atoms with Crippen LogP contribution in [0.15, 0.2) is 30.7 Å². The maximum atomic E-state index is 14.4. The van der Waals surface area contributed by atoms with Crippen LogP contribution in [0.3, 0.4) is 0 Å². The molecule has 1 spiro atoms. The van der Waals surface area contributed by atoms with Gasteiger partial charge in [0, 0.05) is 37.8 Å². The molecule has 46 heavy (non-hydrogen) atoms. The Bertz CT molecular complexity index is 1310. The molecule has 2 aromatic rings. The second-order valence-corrected chi connectivity index (χ2v) is 14.0. The molecule has 254 valence electrons. The molecule has 1 saturated carbocycles. The van der Waals surface area contributed by atoms with E-state index in [0.29, 0.717) is 17.5 Å². The quantitative estimate of drug-likeness (QED) is 0.289. The van der Waals surface area contributed by atoms with Crippen LogP contribution in [0.2, 0.25) is 0 Å². The summed E-state index contributed by atoms with van der Waals surface area (Å²) in [6, 6.07) is 3.82. The third-order valence-electron chi connectivity index (χ3n) is 10.1. The molecule has 1 amide bonds. The van der Waals surface area contributed by atoms with Gasteiger partial charge in [0.05, 0.1) is 18.3 Å². The number of likely N-dealkylation sites (tertiary alicyclic amines) is 1. The van der Waals surface area contributed by atoms with E-state index in [4.69, 9.17) is 4.74 Å². The van der Waals surface area contributed by atoms with Crippen LogP contribution < -0.4 is 15.0 Å². The molecular weight excluding hydrogens is 600 g/mol. The fourth-order valence-corrected chi connectivity index (χ4v) is 7.64. The summed E-state index contributed by atoms with van der Waals surface area (Å²) in [6.45, 7) is 11.5. The van der Waals surface area contributed by atoms with Crippen LogP contribution in [0.25, 0.3) is 0 Å². The van der Waals surface area contributed by atoms with Gasteiger partial charge in [0.2, 0.25) is 0 Å². The molecule has 1 aromatic carbocycles. The molecular formula is C34H48F4N6O2. The Morgan fingerprint density at radius 3 is 2.39 bits per heavy atom. The van der Waals surface area contributed by atoms with Crippen molar-refractivity contribution in [1.82, 2.24) is 25.1 Å². The molecule has 3 aliphatic rings. The summed E-state index contributed by atoms with van der Waals surface area (Å²) in [5.41, 5.74) is 0.425. The molecule has 1 unspecified atom stereocenters. The van der Waals surface area contributed by atoms with Gasteiger partial charge in [-0.05, 0) is 115 Å². The predicted octanol–water partition coefficient (Wildman–Crippen LogP) is 6.67. The molecule has 8 nitrogen and oxygen atoms in total. The fraction of sp³-hybridized carbons (Fsp3) is 0.676. The van der Waals surface area contributed by atoms with Crippen LogP contribution in [0, 0.1) is 17.2 Å². The minimum Gasteiger partial charge on any atom is -0.451 e. The fourth-order valence-electron chi connectivity index (χ4n) is 7.64. The van der Waals surface area contributed by atoms with E-state index in [0.717, 1.165) is 77.7 Å². The number of carbonyl (C=O) groups is 1. The van der Waals surface area contributed by atoms with Crippen molar-refractivity contribution in [3.05, 3.63) is 42.1 Å². The molecule has 1 N–H and O–H groups in total. The van der Waals surface area contributed by atoms with E-state index >= 15 is 0 Å². The molecule has 3 fully saturated rings. The van der Waals surface area contributed by atoms with Crippen molar-refractivity contribution in [3.63, 3.8) is 0 Å². The largest absolute Gasteiger partial charge is 0.451 e. The van der Waals surface area contributed by atoms with Gasteiger partial charge in [-0.1, -0.05) is 0 Å². The number of rotatable bonds is 10. The van der Waals surface area contributed by atoms with E-state index < -0.39 is 18.5 Å². The van der Waals surface area contributed by atoms with Gasteiger partial charge in [-0.25, -0.2) is 14.4 Å². The van der Waals surface area contributed by atoms with Gasteiger partial charge >= 0.3 is 6.18 Å². The Morgan fingerprint density at radius 2 is 1.74 bits per heavy atom. The Labute approximate surface area is 269 Å². The average molecular weight is 649 g/mol. The van der Waals surface area contributed by atoms with Gasteiger partial charge in [0.1, 0.15) is 17.9 Å². The number of carbonyl (C=O) groups excluding carboxylic acids is 1. The van der Waals surface area contributed by atoms with Crippen LogP contribution in [0.5, 0.6) is 11.5 Å². The summed E-state index contributed by atoms with van der Waals surface area (Å²) < 4.78 is 58.5. The van der Waals surface area contributed by atoms with Crippen LogP contribution in [0.4, 0.5) is 23.4 Å². The molecule has 5 rings (SSSR count). The third kappa shape index (κ3) is 8.48. The molecule has 1 atom stereocenters. The first-order valence-corrected chi connectivity index (χ1v) is 16.7. The number of hydrogen-bond acceptors (Lipinski definition) is 7. The molecule has 1 aromatic heterocycles. The zero-order chi connectivity index (χ0) is 33.1. The van der Waals surface area contributed by atoms with Crippen molar-refractivity contribution in [2.24, 2.45) is 11.3 Å². The molecule has 2 saturated heterocycles. The Hall–Kier alpha value is -2.99. The van der Waals surface area contributed by atoms with E-state index in [1.165, 1.54) is 24.5 Å². The number of anilines is 1. The molecule has 12 heteroatoms. The monoisotopic (exact) mass is 648 g/mol. The van der Waals surface area contributed by atoms with Gasteiger partial charge in [0.15, 0.2) is 11.6 Å². The van der Waals surface area contributed by atoms with Crippen molar-refractivity contribution in [3.8, 4) is 11.5 Å². The van der Waals surface area contributed by atoms with Crippen molar-refractivity contribution < 1.29 is 27.1 Å². The number of piperidine rings is 1. The van der Waals surface area contributed by atoms with Gasteiger partial charge < -0.3 is 24.8 Å². The lowest BCUT2D eigenvalue weighted by Crippen LogP contribution is -2.47. The number of benzene rings is 1. The zero-order valence-corrected chi connectivity index (χ0v) is 27.5. The topological polar surface area (TPSA) is 73.8 Å². The second-order valence-electron chi connectivity index (χ2n) is 14.0. The van der Waals surface area contributed by atoms with Crippen molar-refractivity contribution in [2.45, 2.75) is 96.9 Å². The van der Waals surface area contributed by atoms with E-state index in [1.54, 1.807) is 11.1 Å². The highest BCUT2D eigenvalue weighted by Gasteiger charge is 2.40. The Balaban J connectivity index is 1.17. The lowest BCUT2D eigenvalue weighted by molar-refractivity contribution is -0.127. The number of nitrogens with zero attached hydrogens (tertiary/aromatic N) is 5. The number of nitrogens with one attached hydrogen (secondary N) is 1. The van der Waals surface area contributed by atoms with Crippen molar-refractivity contribution >= 4 is 11.7 Å². The Kier molecular flexibility index (Phi) is 10.8. The minimum atomic E-state index is -4.16. The lowest BCUT2D eigenvalue weighted by atomic mass is 9.67. The number of aromatic nitrogens is 2. The maximum Gasteiger partial charge on any atom is 0.401 e. The SMILES string of the molecule is CC(C)N(C(=O)c1cc(F)ccc1Oc1cncnc1N1CCC(CN2CCC3(CCC(NCC(F)(F)F)CC3)CC2)C1)C(C)C. The van der Waals surface area contributed by atoms with E-state index in [1.807, 2.05) is 27.7 Å². The molecule has 0 radical (unpaired) electrons. The number of halogens is 4. The number of alkyl halides is 3. The van der Waals surface area contributed by atoms with Crippen LogP contribution >= 0.6 is 0 Å². The molecule has 2 aliphatic heterocycles. The Morgan fingerprint density at radius 1 is 1.04 bits per heavy atom. The number of hydrogen-bond donors (Lipinski definition) is 1. The van der Waals surface area contributed by atoms with Gasteiger partial charge in [0.25, 0.3) is 5.91 Å². The van der Waals surface area contributed by atoms with E-state index in [2.05, 4.69) is 25.1 Å². The number of amides is 1. The van der Waals surface area contributed by atoms with Gasteiger partial charge in [-0.3, -0.25) is 4.79 Å². The smallest absolute Gasteiger partial charge is 0.401 e. The summed E-state index contributed by atoms with van der Waals surface area (Å²) in [5.74, 6) is 0.977. The summed E-state index contributed by atoms with van der Waals surface area (Å²) in [4.78, 5) is 28.7. The van der Waals surface area contributed by atoms with Crippen LogP contribution in [-0.4, -0.2) is 89.2 Å². The minimum absolute atomic E-state index is 0.0321. The first-order valence-electron chi connectivity index (χ1n) is 16.7. The van der Waals surface area contributed by atoms with E-state index in [9.17, 15) is 22.4 Å². The predicted molar refractivity (Wildman–Crippen MR) is 170 cm³/mol. The zero-order valence-electron chi connectivity index (χ0n) is 27.5. The lowest BCUT2D eigenvalue weighted by Gasteiger charge is -2.46. The third-order valence-corrected chi connectivity index (χ3v) is 10.1. The summed E-state index contributed by atoms with van der Waals surface area (Å²) in [6.07, 6.45) is 5.76. The van der Waals surface area contributed by atoms with Gasteiger partial charge in [-0.2, -0.15) is 13.2 Å². The average Bonchev–Trinajstić information content (AvgIpc) is 3.47. The van der Waals surface area contributed by atoms with Crippen molar-refractivity contribution in [2.75, 3.05) is 44.2 Å². The van der Waals surface area contributed by atoms with Gasteiger partial charge in [-0.15, -0.1) is 0 Å². The summed E-state index contributed by atoms with van der Waals surface area (Å²) in [7, 11) is 0. The summed E-state index contributed by atoms with van der Waals surface area (Å²) >= 11 is 0. The second kappa shape index (κ2) is 14.4. The number of ether oxygens (including phenoxy) is 1. The summed E-state index contributed by atoms with van der Waals surface area (Å²) in [5, 5.41) is 2.71. The van der Waals surface area contributed by atoms with E-state index in [-0.39, 0.29) is 40.8 Å². The van der Waals surface area contributed by atoms with Crippen LogP contribution in [0.1, 0.15) is 83.0 Å². The van der Waals surface area contributed by atoms with Crippen LogP contribution in [-0.2, 0) is 0 Å². The first-order chi connectivity index (χ1) is 21.8. The molecule has 0 bridgehead atoms. The highest BCUT2D eigenvalue weighted by molar-refractivity contribution is 5.97. The molecule has 1 aliphatic carbocycles. The highest BCUT2D eigenvalue weighted by Crippen LogP contribution is 2.45. The normalized spacial score (nSPS) is 21.0.